The number of quaternary nitrogens is 1. The Morgan fingerprint density at radius 2 is 0.822 bits per heavy atom. The maximum Gasteiger partial charge on any atom is 0.472 e. The lowest BCUT2D eigenvalue weighted by atomic mass is 10.0. The molecule has 0 aliphatic carbocycles. The second kappa shape index (κ2) is 55.0. The normalized spacial score (nSPS) is 14.2. The molecule has 0 spiro atoms. The summed E-state index contributed by atoms with van der Waals surface area (Å²) in [6.45, 7) is 4.74. The van der Waals surface area contributed by atoms with E-state index in [0.29, 0.717) is 17.4 Å². The van der Waals surface area contributed by atoms with E-state index in [0.717, 1.165) is 64.2 Å². The highest BCUT2D eigenvalue weighted by Crippen LogP contribution is 2.43. The molecule has 0 radical (unpaired) electrons. The van der Waals surface area contributed by atoms with Gasteiger partial charge in [-0.15, -0.1) is 0 Å². The Bertz CT molecular complexity index is 1370. The van der Waals surface area contributed by atoms with Crippen LogP contribution in [-0.4, -0.2) is 73.4 Å². The van der Waals surface area contributed by atoms with Crippen molar-refractivity contribution in [2.75, 3.05) is 40.9 Å². The van der Waals surface area contributed by atoms with Crippen LogP contribution in [0.3, 0.4) is 0 Å². The predicted molar refractivity (Wildman–Crippen MR) is 318 cm³/mol. The lowest BCUT2D eigenvalue weighted by Crippen LogP contribution is -2.45. The Morgan fingerprint density at radius 1 is 0.479 bits per heavy atom. The number of phosphoric acid groups is 1. The number of aliphatic hydroxyl groups excluding tert-OH is 1. The van der Waals surface area contributed by atoms with Crippen molar-refractivity contribution in [1.29, 1.82) is 0 Å². The first kappa shape index (κ1) is 71.2. The number of phosphoric ester groups is 1. The van der Waals surface area contributed by atoms with Crippen LogP contribution in [0, 0.1) is 0 Å². The molecule has 3 unspecified atom stereocenters. The quantitative estimate of drug-likeness (QED) is 0.0243. The fraction of sp³-hybridized carbons (Fsp3) is 0.828. The van der Waals surface area contributed by atoms with Crippen molar-refractivity contribution < 1.29 is 32.9 Å². The van der Waals surface area contributed by atoms with Gasteiger partial charge in [0.05, 0.1) is 39.9 Å². The lowest BCUT2D eigenvalue weighted by Gasteiger charge is -2.25. The van der Waals surface area contributed by atoms with Gasteiger partial charge in [0.1, 0.15) is 13.2 Å². The molecule has 0 bridgehead atoms. The first-order valence-corrected chi connectivity index (χ1v) is 32.7. The first-order valence-electron chi connectivity index (χ1n) is 31.2. The van der Waals surface area contributed by atoms with Crippen LogP contribution in [0.2, 0.25) is 0 Å². The average Bonchev–Trinajstić information content (AvgIpc) is 3.35. The van der Waals surface area contributed by atoms with Crippen molar-refractivity contribution in [1.82, 2.24) is 5.32 Å². The number of carbonyl (C=O) groups is 1. The number of amides is 1. The van der Waals surface area contributed by atoms with Crippen molar-refractivity contribution in [3.05, 3.63) is 60.8 Å². The van der Waals surface area contributed by atoms with Gasteiger partial charge in [-0.3, -0.25) is 13.8 Å². The minimum Gasteiger partial charge on any atom is -0.387 e. The van der Waals surface area contributed by atoms with Gasteiger partial charge in [-0.05, 0) is 57.8 Å². The van der Waals surface area contributed by atoms with Gasteiger partial charge in [-0.1, -0.05) is 286 Å². The second-order valence-electron chi connectivity index (χ2n) is 22.4. The molecule has 9 heteroatoms. The van der Waals surface area contributed by atoms with E-state index >= 15 is 0 Å². The molecule has 0 fully saturated rings. The van der Waals surface area contributed by atoms with Crippen molar-refractivity contribution in [2.45, 2.75) is 302 Å². The smallest absolute Gasteiger partial charge is 0.387 e. The summed E-state index contributed by atoms with van der Waals surface area (Å²) in [4.78, 5) is 23.4. The summed E-state index contributed by atoms with van der Waals surface area (Å²) in [5, 5.41) is 14.0. The van der Waals surface area contributed by atoms with E-state index in [4.69, 9.17) is 9.05 Å². The Kier molecular flexibility index (Phi) is 53.6. The second-order valence-corrected chi connectivity index (χ2v) is 23.9. The highest BCUT2D eigenvalue weighted by atomic mass is 31.2. The molecule has 0 aliphatic heterocycles. The molecular weight excluding hydrogens is 924 g/mol. The maximum absolute atomic E-state index is 13.0. The summed E-state index contributed by atoms with van der Waals surface area (Å²) in [6.07, 6.45) is 74.7. The Labute approximate surface area is 453 Å². The topological polar surface area (TPSA) is 105 Å². The fourth-order valence-electron chi connectivity index (χ4n) is 9.15. The minimum absolute atomic E-state index is 0.0601. The molecule has 0 aromatic rings. The molecular formula is C64H122N2O6P+. The van der Waals surface area contributed by atoms with E-state index < -0.39 is 20.0 Å². The summed E-state index contributed by atoms with van der Waals surface area (Å²) in [5.74, 6) is -0.178. The zero-order valence-electron chi connectivity index (χ0n) is 48.9. The number of nitrogens with zero attached hydrogens (tertiary/aromatic N) is 1. The standard InChI is InChI=1S/C64H121N2O6P/c1-6-8-10-12-14-16-18-20-22-24-26-28-30-32-34-35-37-39-41-43-45-47-49-51-53-55-57-63(67)62(61-72-73(69,70)71-60-59-66(3,4)5)65-64(68)58-56-54-52-50-48-46-44-42-40-38-36-33-31-29-27-25-23-21-19-17-15-13-11-9-7-2/h9,11,15,17,21,23,27,29,55,57,62-63,67H,6-8,10,12-14,16,18-20,22,24-26,28,30-54,56,58-61H2,1-5H3,(H-,65,68,69,70)/p+1/b11-9-,17-15-,23-21-,29-27-,57-55+. The molecule has 0 aromatic carbocycles. The van der Waals surface area contributed by atoms with Crippen molar-refractivity contribution in [2.24, 2.45) is 0 Å². The molecule has 3 N–H and O–H groups in total. The molecule has 0 rings (SSSR count). The molecule has 0 saturated carbocycles. The number of aliphatic hydroxyl groups is 1. The van der Waals surface area contributed by atoms with Crippen molar-refractivity contribution in [3.63, 3.8) is 0 Å². The number of carbonyl (C=O) groups excluding carboxylic acids is 1. The number of hydrogen-bond acceptors (Lipinski definition) is 5. The largest absolute Gasteiger partial charge is 0.472 e. The molecule has 3 atom stereocenters. The van der Waals surface area contributed by atoms with E-state index in [2.05, 4.69) is 67.8 Å². The van der Waals surface area contributed by atoms with E-state index in [1.807, 2.05) is 27.2 Å². The summed E-state index contributed by atoms with van der Waals surface area (Å²) < 4.78 is 23.8. The van der Waals surface area contributed by atoms with Gasteiger partial charge < -0.3 is 19.8 Å². The number of likely N-dealkylation sites (N-methyl/N-ethyl adjacent to an activating group) is 1. The summed E-state index contributed by atoms with van der Waals surface area (Å²) >= 11 is 0. The maximum atomic E-state index is 13.0. The van der Waals surface area contributed by atoms with Crippen LogP contribution in [0.5, 0.6) is 0 Å². The summed E-state index contributed by atoms with van der Waals surface area (Å²) in [5.41, 5.74) is 0. The molecule has 428 valence electrons. The third-order valence-corrected chi connectivity index (χ3v) is 15.0. The lowest BCUT2D eigenvalue weighted by molar-refractivity contribution is -0.870. The van der Waals surface area contributed by atoms with E-state index in [1.54, 1.807) is 6.08 Å². The Balaban J connectivity index is 4.16. The van der Waals surface area contributed by atoms with E-state index in [1.165, 1.54) is 205 Å². The zero-order valence-corrected chi connectivity index (χ0v) is 49.8. The van der Waals surface area contributed by atoms with Gasteiger partial charge in [0, 0.05) is 6.42 Å². The van der Waals surface area contributed by atoms with Gasteiger partial charge in [0.15, 0.2) is 0 Å². The fourth-order valence-corrected chi connectivity index (χ4v) is 9.89. The van der Waals surface area contributed by atoms with Crippen LogP contribution < -0.4 is 5.32 Å². The minimum atomic E-state index is -4.35. The predicted octanol–water partition coefficient (Wildman–Crippen LogP) is 19.3. The number of unbranched alkanes of at least 4 members (excludes halogenated alkanes) is 36. The van der Waals surface area contributed by atoms with E-state index in [9.17, 15) is 19.4 Å². The van der Waals surface area contributed by atoms with Crippen molar-refractivity contribution in [3.8, 4) is 0 Å². The molecule has 0 aliphatic rings. The molecule has 1 amide bonds. The van der Waals surface area contributed by atoms with E-state index in [-0.39, 0.29) is 19.1 Å². The van der Waals surface area contributed by atoms with Gasteiger partial charge in [0.2, 0.25) is 5.91 Å². The summed E-state index contributed by atoms with van der Waals surface area (Å²) in [7, 11) is 1.57. The molecule has 0 saturated heterocycles. The molecule has 0 aromatic heterocycles. The third kappa shape index (κ3) is 57.7. The van der Waals surface area contributed by atoms with Crippen LogP contribution in [0.1, 0.15) is 290 Å². The van der Waals surface area contributed by atoms with Gasteiger partial charge in [0.25, 0.3) is 0 Å². The van der Waals surface area contributed by atoms with Gasteiger partial charge in [-0.2, -0.15) is 0 Å². The van der Waals surface area contributed by atoms with Crippen molar-refractivity contribution >= 4 is 13.7 Å². The third-order valence-electron chi connectivity index (χ3n) is 14.0. The Hall–Kier alpha value is -1.80. The number of nitrogens with one attached hydrogen (secondary N) is 1. The Morgan fingerprint density at radius 3 is 1.21 bits per heavy atom. The molecule has 8 nitrogen and oxygen atoms in total. The number of rotatable bonds is 57. The first-order chi connectivity index (χ1) is 35.5. The van der Waals surface area contributed by atoms with Gasteiger partial charge in [-0.25, -0.2) is 4.57 Å². The highest BCUT2D eigenvalue weighted by molar-refractivity contribution is 7.47. The number of hydrogen-bond donors (Lipinski definition) is 3. The zero-order chi connectivity index (χ0) is 53.5. The van der Waals surface area contributed by atoms with Crippen LogP contribution in [-0.2, 0) is 18.4 Å². The van der Waals surface area contributed by atoms with Crippen LogP contribution in [0.4, 0.5) is 0 Å². The molecule has 0 heterocycles. The highest BCUT2D eigenvalue weighted by Gasteiger charge is 2.27. The average molecular weight is 1050 g/mol. The van der Waals surface area contributed by atoms with Gasteiger partial charge >= 0.3 is 7.82 Å². The monoisotopic (exact) mass is 1050 g/mol. The number of allylic oxidation sites excluding steroid dienone is 9. The SMILES string of the molecule is CC/C=C\C/C=C\C/C=C\C/C=C\CCCCCCCCCCCCCCC(=O)NC(COP(=O)(O)OCC[N+](C)(C)C)C(O)/C=C/CCCCCCCCCCCCCCCCCCCCCCCCCC. The van der Waals surface area contributed by atoms with Crippen LogP contribution >= 0.6 is 7.82 Å². The van der Waals surface area contributed by atoms with Crippen LogP contribution in [0.15, 0.2) is 60.8 Å². The summed E-state index contributed by atoms with van der Waals surface area (Å²) in [6, 6.07) is -0.851. The molecule has 73 heavy (non-hydrogen) atoms. The van der Waals surface area contributed by atoms with Crippen LogP contribution in [0.25, 0.3) is 0 Å².